The minimum Gasteiger partial charge on any atom is -0.311 e. The van der Waals surface area contributed by atoms with Crippen molar-refractivity contribution in [2.75, 3.05) is 31.1 Å². The first-order valence-electron chi connectivity index (χ1n) is 7.53. The van der Waals surface area contributed by atoms with Gasteiger partial charge in [-0.3, -0.25) is 4.90 Å². The molecule has 2 nitrogen and oxygen atoms in total. The Morgan fingerprint density at radius 3 is 2.68 bits per heavy atom. The quantitative estimate of drug-likeness (QED) is 0.571. The van der Waals surface area contributed by atoms with Crippen molar-refractivity contribution in [1.82, 2.24) is 10.2 Å². The van der Waals surface area contributed by atoms with Gasteiger partial charge in [0.25, 0.3) is 0 Å². The van der Waals surface area contributed by atoms with Crippen molar-refractivity contribution in [2.24, 2.45) is 11.8 Å². The number of rotatable bonds is 7. The Morgan fingerprint density at radius 1 is 1.37 bits per heavy atom. The van der Waals surface area contributed by atoms with E-state index in [9.17, 15) is 0 Å². The highest BCUT2D eigenvalue weighted by molar-refractivity contribution is 7.99. The molecule has 0 aromatic heterocycles. The van der Waals surface area contributed by atoms with Gasteiger partial charge in [-0.05, 0) is 18.3 Å². The fraction of sp³-hybridized carbons (Fsp3) is 0.875. The minimum atomic E-state index is 0.660. The molecule has 0 amide bonds. The molecule has 1 aliphatic heterocycles. The Bertz CT molecular complexity index is 283. The van der Waals surface area contributed by atoms with E-state index in [2.05, 4.69) is 43.8 Å². The highest BCUT2D eigenvalue weighted by Crippen LogP contribution is 2.18. The van der Waals surface area contributed by atoms with Crippen LogP contribution in [0.25, 0.3) is 0 Å². The van der Waals surface area contributed by atoms with Crippen LogP contribution in [0.15, 0.2) is 0 Å². The number of hydrogen-bond acceptors (Lipinski definition) is 3. The normalized spacial score (nSPS) is 24.9. The number of terminal acetylenes is 1. The molecule has 0 aromatic carbocycles. The van der Waals surface area contributed by atoms with Crippen molar-refractivity contribution in [1.29, 1.82) is 0 Å². The number of nitrogens with zero attached hydrogens (tertiary/aromatic N) is 1. The summed E-state index contributed by atoms with van der Waals surface area (Å²) >= 11 is 1.88. The maximum atomic E-state index is 5.31. The highest BCUT2D eigenvalue weighted by Gasteiger charge is 2.29. The lowest BCUT2D eigenvalue weighted by Crippen LogP contribution is -2.58. The summed E-state index contributed by atoms with van der Waals surface area (Å²) < 4.78 is 0. The molecule has 110 valence electrons. The monoisotopic (exact) mass is 282 g/mol. The third-order valence-electron chi connectivity index (χ3n) is 3.77. The summed E-state index contributed by atoms with van der Waals surface area (Å²) in [7, 11) is 0. The van der Waals surface area contributed by atoms with E-state index in [-0.39, 0.29) is 0 Å². The number of piperazine rings is 1. The molecule has 1 rings (SSSR count). The predicted molar refractivity (Wildman–Crippen MR) is 87.6 cm³/mol. The summed E-state index contributed by atoms with van der Waals surface area (Å²) in [6, 6.07) is 1.34. The molecule has 1 saturated heterocycles. The Hall–Kier alpha value is -0.170. The van der Waals surface area contributed by atoms with Gasteiger partial charge >= 0.3 is 0 Å². The molecule has 2 atom stereocenters. The van der Waals surface area contributed by atoms with Gasteiger partial charge < -0.3 is 5.32 Å². The van der Waals surface area contributed by atoms with E-state index >= 15 is 0 Å². The van der Waals surface area contributed by atoms with Crippen molar-refractivity contribution in [3.8, 4) is 12.3 Å². The maximum absolute atomic E-state index is 5.31. The summed E-state index contributed by atoms with van der Waals surface area (Å²) in [4.78, 5) is 2.68. The van der Waals surface area contributed by atoms with Crippen LogP contribution in [0.4, 0.5) is 0 Å². The summed E-state index contributed by atoms with van der Waals surface area (Å²) in [5.74, 6) is 6.18. The van der Waals surface area contributed by atoms with E-state index in [0.717, 1.165) is 24.0 Å². The van der Waals surface area contributed by atoms with Crippen molar-refractivity contribution < 1.29 is 0 Å². The van der Waals surface area contributed by atoms with Crippen molar-refractivity contribution >= 4 is 11.8 Å². The topological polar surface area (TPSA) is 15.3 Å². The molecular weight excluding hydrogens is 252 g/mol. The molecule has 0 bridgehead atoms. The SMILES string of the molecule is C#CCSCCN1CC(CC(C)C)NCC1C(C)C. The van der Waals surface area contributed by atoms with E-state index < -0.39 is 0 Å². The molecule has 1 heterocycles. The van der Waals surface area contributed by atoms with Gasteiger partial charge in [0.2, 0.25) is 0 Å². The highest BCUT2D eigenvalue weighted by atomic mass is 32.2. The zero-order valence-corrected chi connectivity index (χ0v) is 13.8. The Kier molecular flexibility index (Phi) is 7.90. The van der Waals surface area contributed by atoms with Crippen molar-refractivity contribution in [3.63, 3.8) is 0 Å². The summed E-state index contributed by atoms with van der Waals surface area (Å²) in [5, 5.41) is 3.73. The fourth-order valence-electron chi connectivity index (χ4n) is 2.85. The minimum absolute atomic E-state index is 0.660. The first-order chi connectivity index (χ1) is 9.04. The summed E-state index contributed by atoms with van der Waals surface area (Å²) in [6.45, 7) is 12.8. The van der Waals surface area contributed by atoms with Gasteiger partial charge in [0.15, 0.2) is 0 Å². The van der Waals surface area contributed by atoms with Gasteiger partial charge in [0, 0.05) is 37.5 Å². The van der Waals surface area contributed by atoms with Crippen LogP contribution in [0.1, 0.15) is 34.1 Å². The van der Waals surface area contributed by atoms with Crippen LogP contribution in [0.5, 0.6) is 0 Å². The van der Waals surface area contributed by atoms with Gasteiger partial charge in [0.05, 0.1) is 5.75 Å². The second kappa shape index (κ2) is 8.89. The van der Waals surface area contributed by atoms with Crippen LogP contribution in [0, 0.1) is 24.2 Å². The third kappa shape index (κ3) is 6.21. The zero-order chi connectivity index (χ0) is 14.3. The van der Waals surface area contributed by atoms with E-state index in [4.69, 9.17) is 6.42 Å². The largest absolute Gasteiger partial charge is 0.311 e. The molecule has 2 unspecified atom stereocenters. The second-order valence-electron chi connectivity index (χ2n) is 6.30. The smallest absolute Gasteiger partial charge is 0.0545 e. The summed E-state index contributed by atoms with van der Waals surface area (Å²) in [5.41, 5.74) is 0. The molecule has 1 fully saturated rings. The van der Waals surface area contributed by atoms with E-state index in [1.54, 1.807) is 0 Å². The molecule has 3 heteroatoms. The molecule has 0 spiro atoms. The molecule has 0 saturated carbocycles. The zero-order valence-electron chi connectivity index (χ0n) is 13.0. The van der Waals surface area contributed by atoms with Crippen LogP contribution in [0.3, 0.4) is 0 Å². The van der Waals surface area contributed by atoms with E-state index in [0.29, 0.717) is 18.0 Å². The van der Waals surface area contributed by atoms with Crippen LogP contribution >= 0.6 is 11.8 Å². The molecule has 1 aliphatic rings. The Morgan fingerprint density at radius 2 is 2.11 bits per heavy atom. The maximum Gasteiger partial charge on any atom is 0.0545 e. The van der Waals surface area contributed by atoms with Gasteiger partial charge in [-0.15, -0.1) is 18.2 Å². The lowest BCUT2D eigenvalue weighted by atomic mass is 9.95. The molecular formula is C16H30N2S. The second-order valence-corrected chi connectivity index (χ2v) is 7.40. The average molecular weight is 282 g/mol. The predicted octanol–water partition coefficient (Wildman–Crippen LogP) is 2.70. The van der Waals surface area contributed by atoms with Crippen LogP contribution in [-0.4, -0.2) is 48.1 Å². The molecule has 0 radical (unpaired) electrons. The van der Waals surface area contributed by atoms with Gasteiger partial charge in [-0.2, -0.15) is 0 Å². The van der Waals surface area contributed by atoms with Gasteiger partial charge in [0.1, 0.15) is 0 Å². The standard InChI is InChI=1S/C16H30N2S/c1-6-8-19-9-7-18-12-15(10-13(2)3)17-11-16(18)14(4)5/h1,13-17H,7-12H2,2-5H3. The fourth-order valence-corrected chi connectivity index (χ4v) is 3.48. The molecule has 19 heavy (non-hydrogen) atoms. The van der Waals surface area contributed by atoms with E-state index in [1.165, 1.54) is 19.5 Å². The van der Waals surface area contributed by atoms with Gasteiger partial charge in [-0.25, -0.2) is 0 Å². The number of hydrogen-bond donors (Lipinski definition) is 1. The third-order valence-corrected chi connectivity index (χ3v) is 4.62. The molecule has 1 N–H and O–H groups in total. The van der Waals surface area contributed by atoms with Crippen LogP contribution in [0.2, 0.25) is 0 Å². The summed E-state index contributed by atoms with van der Waals surface area (Å²) in [6.07, 6.45) is 6.58. The lowest BCUT2D eigenvalue weighted by molar-refractivity contribution is 0.0991. The Labute approximate surface area is 124 Å². The van der Waals surface area contributed by atoms with Crippen molar-refractivity contribution in [3.05, 3.63) is 0 Å². The van der Waals surface area contributed by atoms with Crippen LogP contribution < -0.4 is 5.32 Å². The lowest BCUT2D eigenvalue weighted by Gasteiger charge is -2.43. The average Bonchev–Trinajstić information content (AvgIpc) is 2.34. The van der Waals surface area contributed by atoms with Crippen LogP contribution in [-0.2, 0) is 0 Å². The van der Waals surface area contributed by atoms with Gasteiger partial charge in [-0.1, -0.05) is 33.6 Å². The van der Waals surface area contributed by atoms with E-state index in [1.807, 2.05) is 11.8 Å². The van der Waals surface area contributed by atoms with Crippen molar-refractivity contribution in [2.45, 2.75) is 46.2 Å². The number of nitrogens with one attached hydrogen (secondary N) is 1. The Balaban J connectivity index is 2.46. The molecule has 0 aromatic rings. The number of thioether (sulfide) groups is 1. The first-order valence-corrected chi connectivity index (χ1v) is 8.68. The first kappa shape index (κ1) is 16.9. The molecule has 0 aliphatic carbocycles.